The molecule has 0 spiro atoms. The number of hydrogen-bond donors (Lipinski definition) is 2. The average molecular weight is 529 g/mol. The molecule has 202 valence electrons. The van der Waals surface area contributed by atoms with Crippen LogP contribution in [0.2, 0.25) is 0 Å². The highest BCUT2D eigenvalue weighted by atomic mass is 19.1. The van der Waals surface area contributed by atoms with Crippen LogP contribution in [0.3, 0.4) is 0 Å². The number of carbonyl (C=O) groups is 2. The quantitative estimate of drug-likeness (QED) is 0.329. The lowest BCUT2D eigenvalue weighted by Crippen LogP contribution is -2.43. The van der Waals surface area contributed by atoms with Gasteiger partial charge < -0.3 is 20.3 Å². The van der Waals surface area contributed by atoms with Gasteiger partial charge in [-0.2, -0.15) is 0 Å². The van der Waals surface area contributed by atoms with Gasteiger partial charge in [-0.1, -0.05) is 30.3 Å². The van der Waals surface area contributed by atoms with E-state index in [-0.39, 0.29) is 18.3 Å². The Morgan fingerprint density at radius 2 is 1.77 bits per heavy atom. The summed E-state index contributed by atoms with van der Waals surface area (Å²) in [6, 6.07) is 20.3. The van der Waals surface area contributed by atoms with Crippen LogP contribution in [0, 0.1) is 5.82 Å². The van der Waals surface area contributed by atoms with E-state index in [0.717, 1.165) is 49.5 Å². The number of anilines is 2. The van der Waals surface area contributed by atoms with Crippen LogP contribution in [0.1, 0.15) is 28.7 Å². The van der Waals surface area contributed by atoms with Gasteiger partial charge >= 0.3 is 5.97 Å². The van der Waals surface area contributed by atoms with E-state index in [0.29, 0.717) is 28.9 Å². The van der Waals surface area contributed by atoms with E-state index < -0.39 is 5.82 Å². The number of halogens is 1. The molecule has 0 unspecified atom stereocenters. The third-order valence-electron chi connectivity index (χ3n) is 7.26. The molecule has 0 atom stereocenters. The third-order valence-corrected chi connectivity index (χ3v) is 7.26. The van der Waals surface area contributed by atoms with Gasteiger partial charge in [-0.3, -0.25) is 14.5 Å². The zero-order chi connectivity index (χ0) is 27.4. The molecular weight excluding hydrogens is 495 g/mol. The zero-order valence-corrected chi connectivity index (χ0v) is 22.3. The van der Waals surface area contributed by atoms with Crippen LogP contribution in [0.15, 0.2) is 66.7 Å². The lowest BCUT2D eigenvalue weighted by atomic mass is 9.97. The molecule has 1 saturated heterocycles. The van der Waals surface area contributed by atoms with E-state index in [1.807, 2.05) is 36.4 Å². The minimum Gasteiger partial charge on any atom is -0.469 e. The summed E-state index contributed by atoms with van der Waals surface area (Å²) >= 11 is 0. The Labute approximate surface area is 228 Å². The Kier molecular flexibility index (Phi) is 8.05. The van der Waals surface area contributed by atoms with Crippen LogP contribution in [0.4, 0.5) is 15.8 Å². The standard InChI is InChI=1S/C31H33FN4O3/c1-35-14-16-36(17-15-35)20-22-6-10-25(11-7-22)33-30(23-5-3-4-21(18-23)8-13-28(37)39-2)29-26-12-9-24(32)19-27(26)34-31(29)38/h3-7,9-12,18-19,33H,8,13-17,20H2,1-2H3,(H,34,38). The van der Waals surface area contributed by atoms with Gasteiger partial charge in [0.25, 0.3) is 5.91 Å². The molecule has 0 radical (unpaired) electrons. The van der Waals surface area contributed by atoms with Crippen molar-refractivity contribution in [2.75, 3.05) is 51.0 Å². The molecule has 2 N–H and O–H groups in total. The van der Waals surface area contributed by atoms with E-state index in [1.165, 1.54) is 24.8 Å². The number of ether oxygens (including phenoxy) is 1. The SMILES string of the molecule is COC(=O)CCc1cccc(C(Nc2ccc(CN3CCN(C)CC3)cc2)=C2C(=O)Nc3cc(F)ccc32)c1. The van der Waals surface area contributed by atoms with Crippen molar-refractivity contribution >= 4 is 34.5 Å². The van der Waals surface area contributed by atoms with Gasteiger partial charge in [0, 0.05) is 50.4 Å². The maximum atomic E-state index is 13.9. The minimum atomic E-state index is -0.412. The number of benzene rings is 3. The number of hydrogen-bond acceptors (Lipinski definition) is 6. The van der Waals surface area contributed by atoms with Gasteiger partial charge in [0.05, 0.1) is 24.1 Å². The normalized spacial score (nSPS) is 16.9. The number of rotatable bonds is 8. The second-order valence-corrected chi connectivity index (χ2v) is 10.1. The van der Waals surface area contributed by atoms with Crippen LogP contribution in [0.5, 0.6) is 0 Å². The summed E-state index contributed by atoms with van der Waals surface area (Å²) in [5.41, 5.74) is 5.93. The molecule has 3 aromatic rings. The molecule has 3 aromatic carbocycles. The van der Waals surface area contributed by atoms with Gasteiger partial charge in [-0.15, -0.1) is 0 Å². The summed E-state index contributed by atoms with van der Waals surface area (Å²) < 4.78 is 18.7. The highest BCUT2D eigenvalue weighted by Gasteiger charge is 2.29. The van der Waals surface area contributed by atoms with Gasteiger partial charge in [-0.25, -0.2) is 4.39 Å². The maximum absolute atomic E-state index is 13.9. The largest absolute Gasteiger partial charge is 0.469 e. The predicted molar refractivity (Wildman–Crippen MR) is 151 cm³/mol. The fraction of sp³-hybridized carbons (Fsp3) is 0.290. The van der Waals surface area contributed by atoms with Gasteiger partial charge in [0.2, 0.25) is 0 Å². The lowest BCUT2D eigenvalue weighted by molar-refractivity contribution is -0.140. The van der Waals surface area contributed by atoms with Crippen molar-refractivity contribution in [2.24, 2.45) is 0 Å². The number of methoxy groups -OCH3 is 1. The second-order valence-electron chi connectivity index (χ2n) is 10.1. The van der Waals surface area contributed by atoms with Crippen molar-refractivity contribution in [2.45, 2.75) is 19.4 Å². The first kappa shape index (κ1) is 26.6. The number of amides is 1. The molecule has 7 nitrogen and oxygen atoms in total. The molecule has 39 heavy (non-hydrogen) atoms. The highest BCUT2D eigenvalue weighted by molar-refractivity contribution is 6.37. The topological polar surface area (TPSA) is 73.9 Å². The number of nitrogens with one attached hydrogen (secondary N) is 2. The zero-order valence-electron chi connectivity index (χ0n) is 22.3. The van der Waals surface area contributed by atoms with Crippen molar-refractivity contribution < 1.29 is 18.7 Å². The van der Waals surface area contributed by atoms with Gasteiger partial charge in [0.1, 0.15) is 5.82 Å². The summed E-state index contributed by atoms with van der Waals surface area (Å²) in [6.07, 6.45) is 0.773. The van der Waals surface area contributed by atoms with Crippen LogP contribution in [-0.2, 0) is 27.3 Å². The number of fused-ring (bicyclic) bond motifs is 1. The van der Waals surface area contributed by atoms with Crippen molar-refractivity contribution in [3.63, 3.8) is 0 Å². The van der Waals surface area contributed by atoms with E-state index in [1.54, 1.807) is 6.07 Å². The lowest BCUT2D eigenvalue weighted by Gasteiger charge is -2.32. The maximum Gasteiger partial charge on any atom is 0.305 e. The van der Waals surface area contributed by atoms with E-state index in [2.05, 4.69) is 39.6 Å². The fourth-order valence-electron chi connectivity index (χ4n) is 5.01. The van der Waals surface area contributed by atoms with Crippen LogP contribution in [-0.4, -0.2) is 62.0 Å². The van der Waals surface area contributed by atoms with Crippen molar-refractivity contribution in [1.82, 2.24) is 9.80 Å². The first-order valence-corrected chi connectivity index (χ1v) is 13.2. The molecule has 2 heterocycles. The summed E-state index contributed by atoms with van der Waals surface area (Å²) in [7, 11) is 3.53. The molecule has 0 aliphatic carbocycles. The summed E-state index contributed by atoms with van der Waals surface area (Å²) in [5, 5.41) is 6.27. The molecule has 1 amide bonds. The predicted octanol–water partition coefficient (Wildman–Crippen LogP) is 4.61. The van der Waals surface area contributed by atoms with E-state index in [4.69, 9.17) is 4.74 Å². The minimum absolute atomic E-state index is 0.261. The monoisotopic (exact) mass is 528 g/mol. The Morgan fingerprint density at radius 3 is 2.51 bits per heavy atom. The Balaban J connectivity index is 1.46. The first-order chi connectivity index (χ1) is 18.9. The molecule has 0 aromatic heterocycles. The molecule has 2 aliphatic rings. The smallest absolute Gasteiger partial charge is 0.305 e. The number of esters is 1. The van der Waals surface area contributed by atoms with Crippen LogP contribution in [0.25, 0.3) is 11.3 Å². The first-order valence-electron chi connectivity index (χ1n) is 13.2. The van der Waals surface area contributed by atoms with Crippen molar-refractivity contribution in [3.8, 4) is 0 Å². The molecular formula is C31H33FN4O3. The molecule has 5 rings (SSSR count). The average Bonchev–Trinajstić information content (AvgIpc) is 3.27. The number of aryl methyl sites for hydroxylation is 1. The molecule has 1 fully saturated rings. The summed E-state index contributed by atoms with van der Waals surface area (Å²) in [5.74, 6) is -0.991. The van der Waals surface area contributed by atoms with Crippen molar-refractivity contribution in [3.05, 3.63) is 94.8 Å². The van der Waals surface area contributed by atoms with E-state index >= 15 is 0 Å². The molecule has 0 saturated carbocycles. The van der Waals surface area contributed by atoms with Gasteiger partial charge in [-0.05, 0) is 66.6 Å². The number of carbonyl (C=O) groups excluding carboxylic acids is 2. The second kappa shape index (κ2) is 11.8. The van der Waals surface area contributed by atoms with Crippen molar-refractivity contribution in [1.29, 1.82) is 0 Å². The number of likely N-dealkylation sites (N-methyl/N-ethyl adjacent to an activating group) is 1. The molecule has 2 aliphatic heterocycles. The fourth-order valence-corrected chi connectivity index (χ4v) is 5.01. The molecule has 8 heteroatoms. The number of nitrogens with zero attached hydrogens (tertiary/aromatic N) is 2. The number of piperazine rings is 1. The highest BCUT2D eigenvalue weighted by Crippen LogP contribution is 2.38. The summed E-state index contributed by atoms with van der Waals surface area (Å²) in [6.45, 7) is 5.14. The Bertz CT molecular complexity index is 1400. The van der Waals surface area contributed by atoms with Crippen LogP contribution < -0.4 is 10.6 Å². The van der Waals surface area contributed by atoms with E-state index in [9.17, 15) is 14.0 Å². The third kappa shape index (κ3) is 6.35. The Hall–Kier alpha value is -4.01. The summed E-state index contributed by atoms with van der Waals surface area (Å²) in [4.78, 5) is 29.7. The molecule has 0 bridgehead atoms. The van der Waals surface area contributed by atoms with Gasteiger partial charge in [0.15, 0.2) is 0 Å². The Morgan fingerprint density at radius 1 is 1.00 bits per heavy atom. The van der Waals surface area contributed by atoms with Crippen LogP contribution >= 0.6 is 0 Å².